The van der Waals surface area contributed by atoms with Crippen molar-refractivity contribution >= 4 is 34.8 Å². The van der Waals surface area contributed by atoms with Crippen LogP contribution in [0, 0.1) is 12.3 Å². The van der Waals surface area contributed by atoms with Crippen LogP contribution in [0.2, 0.25) is 0 Å². The Morgan fingerprint density at radius 2 is 1.74 bits per heavy atom. The van der Waals surface area contributed by atoms with E-state index in [4.69, 9.17) is 11.3 Å². The van der Waals surface area contributed by atoms with Gasteiger partial charge in [0, 0.05) is 16.9 Å². The van der Waals surface area contributed by atoms with Crippen LogP contribution in [0.15, 0.2) is 83.1 Å². The van der Waals surface area contributed by atoms with E-state index in [2.05, 4.69) is 27.0 Å². The quantitative estimate of drug-likeness (QED) is 0.0811. The molecule has 5 N–H and O–H groups in total. The summed E-state index contributed by atoms with van der Waals surface area (Å²) in [6.07, 6.45) is 1.93. The number of urea groups is 1. The van der Waals surface area contributed by atoms with Crippen LogP contribution < -0.4 is 21.4 Å². The normalized spacial score (nSPS) is 13.4. The van der Waals surface area contributed by atoms with Crippen molar-refractivity contribution in [1.29, 1.82) is 5.41 Å². The average Bonchev–Trinajstić information content (AvgIpc) is 2.97. The van der Waals surface area contributed by atoms with E-state index < -0.39 is 29.6 Å². The fourth-order valence-corrected chi connectivity index (χ4v) is 4.64. The molecule has 3 aromatic rings. The molecule has 0 saturated heterocycles. The molecule has 3 aromatic carbocycles. The number of carbonyl (C=O) groups excluding carboxylic acids is 2. The van der Waals surface area contributed by atoms with Crippen molar-refractivity contribution in [3.63, 3.8) is 0 Å². The molecule has 0 heterocycles. The van der Waals surface area contributed by atoms with Gasteiger partial charge in [0.25, 0.3) is 5.91 Å². The number of guanidine groups is 1. The molecule has 9 nitrogen and oxygen atoms in total. The van der Waals surface area contributed by atoms with Crippen LogP contribution in [0.25, 0.3) is 5.57 Å². The highest BCUT2D eigenvalue weighted by Gasteiger charge is 2.32. The third-order valence-electron chi connectivity index (χ3n) is 6.83. The largest absolute Gasteiger partial charge is 0.416 e. The van der Waals surface area contributed by atoms with E-state index in [1.165, 1.54) is 41.7 Å². The van der Waals surface area contributed by atoms with Crippen LogP contribution in [-0.2, 0) is 12.7 Å². The van der Waals surface area contributed by atoms with Crippen molar-refractivity contribution in [2.45, 2.75) is 45.3 Å². The van der Waals surface area contributed by atoms with E-state index >= 15 is 0 Å². The van der Waals surface area contributed by atoms with Gasteiger partial charge in [-0.3, -0.25) is 20.4 Å². The number of carbonyl (C=O) groups is 2. The van der Waals surface area contributed by atoms with Crippen LogP contribution in [0.3, 0.4) is 0 Å². The van der Waals surface area contributed by atoms with Crippen molar-refractivity contribution in [2.75, 3.05) is 10.2 Å². The molecule has 218 valence electrons. The lowest BCUT2D eigenvalue weighted by molar-refractivity contribution is -0.138. The summed E-state index contributed by atoms with van der Waals surface area (Å²) in [6.45, 7) is 1.42. The van der Waals surface area contributed by atoms with E-state index in [9.17, 15) is 22.8 Å². The zero-order valence-electron chi connectivity index (χ0n) is 22.8. The summed E-state index contributed by atoms with van der Waals surface area (Å²) in [7, 11) is 0. The van der Waals surface area contributed by atoms with Crippen molar-refractivity contribution in [3.8, 4) is 0 Å². The van der Waals surface area contributed by atoms with Crippen molar-refractivity contribution < 1.29 is 22.8 Å². The Morgan fingerprint density at radius 1 is 1.02 bits per heavy atom. The summed E-state index contributed by atoms with van der Waals surface area (Å²) in [5, 5.41) is 18.5. The number of hydrogen-bond donors (Lipinski definition) is 4. The van der Waals surface area contributed by atoms with Crippen LogP contribution in [0.4, 0.5) is 29.3 Å². The SMILES string of the molecule is Cc1ccc(NC(=O)N(Cc2ccc(C(=O)NC(=N)N=NN)cc2)c2ccc(C3=CCCCC3)cc2)cc1C(F)(F)F. The molecule has 3 amide bonds. The molecule has 0 bridgehead atoms. The maximum atomic E-state index is 13.5. The third-order valence-corrected chi connectivity index (χ3v) is 6.83. The summed E-state index contributed by atoms with van der Waals surface area (Å²) in [4.78, 5) is 27.3. The predicted molar refractivity (Wildman–Crippen MR) is 155 cm³/mol. The van der Waals surface area contributed by atoms with Gasteiger partial charge in [-0.05, 0) is 91.3 Å². The number of hydrogen-bond acceptors (Lipinski definition) is 4. The number of nitrogens with one attached hydrogen (secondary N) is 3. The highest BCUT2D eigenvalue weighted by Crippen LogP contribution is 2.34. The molecule has 42 heavy (non-hydrogen) atoms. The number of amides is 3. The second-order valence-corrected chi connectivity index (χ2v) is 9.78. The number of nitrogens with zero attached hydrogens (tertiary/aromatic N) is 3. The second kappa shape index (κ2) is 13.1. The molecule has 0 spiro atoms. The molecule has 0 radical (unpaired) electrons. The highest BCUT2D eigenvalue weighted by molar-refractivity contribution is 6.05. The van der Waals surface area contributed by atoms with Gasteiger partial charge in [-0.25, -0.2) is 4.79 Å². The summed E-state index contributed by atoms with van der Waals surface area (Å²) >= 11 is 0. The first-order chi connectivity index (χ1) is 20.0. The minimum absolute atomic E-state index is 0.0102. The number of anilines is 2. The van der Waals surface area contributed by atoms with Crippen molar-refractivity contribution in [1.82, 2.24) is 5.32 Å². The second-order valence-electron chi connectivity index (χ2n) is 9.78. The van der Waals surface area contributed by atoms with E-state index in [0.29, 0.717) is 11.3 Å². The maximum absolute atomic E-state index is 13.5. The molecular formula is C30H30F3N7O2. The molecule has 0 saturated carbocycles. The van der Waals surface area contributed by atoms with E-state index in [0.717, 1.165) is 37.3 Å². The third kappa shape index (κ3) is 7.59. The number of benzene rings is 3. The zero-order valence-corrected chi connectivity index (χ0v) is 22.8. The van der Waals surface area contributed by atoms with Crippen LogP contribution in [0.5, 0.6) is 0 Å². The molecule has 0 aromatic heterocycles. The van der Waals surface area contributed by atoms with E-state index in [-0.39, 0.29) is 23.4 Å². The van der Waals surface area contributed by atoms with Gasteiger partial charge in [0.1, 0.15) is 0 Å². The molecule has 1 aliphatic rings. The predicted octanol–water partition coefficient (Wildman–Crippen LogP) is 7.20. The van der Waals surface area contributed by atoms with Gasteiger partial charge in [0.2, 0.25) is 5.96 Å². The Labute approximate surface area is 240 Å². The smallest absolute Gasteiger partial charge is 0.308 e. The highest BCUT2D eigenvalue weighted by atomic mass is 19.4. The fourth-order valence-electron chi connectivity index (χ4n) is 4.64. The topological polar surface area (TPSA) is 136 Å². The van der Waals surface area contributed by atoms with Gasteiger partial charge < -0.3 is 11.2 Å². The molecule has 0 unspecified atom stereocenters. The lowest BCUT2D eigenvalue weighted by Gasteiger charge is -2.24. The lowest BCUT2D eigenvalue weighted by atomic mass is 9.93. The number of rotatable bonds is 6. The van der Waals surface area contributed by atoms with E-state index in [1.807, 2.05) is 12.1 Å². The van der Waals surface area contributed by atoms with Gasteiger partial charge in [-0.15, -0.1) is 0 Å². The maximum Gasteiger partial charge on any atom is 0.416 e. The minimum atomic E-state index is -4.56. The fraction of sp³-hybridized carbons (Fsp3) is 0.233. The Morgan fingerprint density at radius 3 is 2.36 bits per heavy atom. The van der Waals surface area contributed by atoms with Crippen LogP contribution >= 0.6 is 0 Å². The summed E-state index contributed by atoms with van der Waals surface area (Å²) in [5.41, 5.74) is 2.96. The number of nitrogens with two attached hydrogens (primary N) is 1. The first kappa shape index (κ1) is 30.0. The van der Waals surface area contributed by atoms with Crippen molar-refractivity contribution in [3.05, 3.63) is 101 Å². The van der Waals surface area contributed by atoms with Crippen LogP contribution in [-0.4, -0.2) is 17.9 Å². The Balaban J connectivity index is 1.59. The molecule has 0 atom stereocenters. The summed E-state index contributed by atoms with van der Waals surface area (Å²) < 4.78 is 40.4. The number of alkyl halides is 3. The molecule has 1 aliphatic carbocycles. The van der Waals surface area contributed by atoms with Crippen molar-refractivity contribution in [2.24, 2.45) is 16.2 Å². The van der Waals surface area contributed by atoms with Crippen LogP contribution in [0.1, 0.15) is 58.3 Å². The minimum Gasteiger partial charge on any atom is -0.308 e. The van der Waals surface area contributed by atoms with Gasteiger partial charge in [-0.2, -0.15) is 13.2 Å². The number of aryl methyl sites for hydroxylation is 1. The van der Waals surface area contributed by atoms with E-state index in [1.54, 1.807) is 24.3 Å². The Hall–Kier alpha value is -5.00. The molecular weight excluding hydrogens is 547 g/mol. The van der Waals surface area contributed by atoms with Gasteiger partial charge >= 0.3 is 12.2 Å². The first-order valence-electron chi connectivity index (χ1n) is 13.2. The average molecular weight is 578 g/mol. The summed E-state index contributed by atoms with van der Waals surface area (Å²) in [5.74, 6) is 3.77. The van der Waals surface area contributed by atoms with Gasteiger partial charge in [-0.1, -0.05) is 46.7 Å². The Bertz CT molecular complexity index is 1520. The summed E-state index contributed by atoms with van der Waals surface area (Å²) in [6, 6.07) is 16.8. The molecule has 0 fully saturated rings. The van der Waals surface area contributed by atoms with Gasteiger partial charge in [0.05, 0.1) is 12.1 Å². The lowest BCUT2D eigenvalue weighted by Crippen LogP contribution is -2.34. The monoisotopic (exact) mass is 577 g/mol. The number of halogens is 3. The first-order valence-corrected chi connectivity index (χ1v) is 13.2. The number of allylic oxidation sites excluding steroid dienone is 2. The molecule has 12 heteroatoms. The molecule has 0 aliphatic heterocycles. The van der Waals surface area contributed by atoms with Gasteiger partial charge in [0.15, 0.2) is 0 Å². The Kier molecular flexibility index (Phi) is 9.35. The molecule has 4 rings (SSSR count). The standard InChI is InChI=1S/C30H30F3N7O2/c1-19-7-14-24(17-26(19)30(31,32)33)36-29(42)40(25-15-12-22(13-16-25)21-5-3-2-4-6-21)18-20-8-10-23(11-9-20)27(41)37-28(34)38-39-35/h5,7-17H,2-4,6,18H2,1H3,(H,36,42)(H4,34,35,37,38,41). The zero-order chi connectivity index (χ0) is 30.3.